The standard InChI is InChI=1S/C21H16ClN3O/c22-16-10-12-17(13-11-16)25-19-9-5-4-8-18(19)24-20(25)21(26)23-14-15-6-2-1-3-7-15/h1-13H,14H2,(H,23,26). The fraction of sp³-hybridized carbons (Fsp3) is 0.0476. The molecule has 1 N–H and O–H groups in total. The molecule has 0 unspecified atom stereocenters. The van der Waals surface area contributed by atoms with Crippen LogP contribution in [0.4, 0.5) is 0 Å². The van der Waals surface area contributed by atoms with E-state index in [9.17, 15) is 4.79 Å². The fourth-order valence-corrected chi connectivity index (χ4v) is 3.01. The van der Waals surface area contributed by atoms with Gasteiger partial charge in [0.05, 0.1) is 11.0 Å². The van der Waals surface area contributed by atoms with Crippen LogP contribution >= 0.6 is 11.6 Å². The average Bonchev–Trinajstić information content (AvgIpc) is 3.07. The molecule has 0 atom stereocenters. The molecule has 0 aliphatic rings. The second-order valence-electron chi connectivity index (χ2n) is 5.90. The summed E-state index contributed by atoms with van der Waals surface area (Å²) in [5.74, 6) is 0.129. The lowest BCUT2D eigenvalue weighted by Gasteiger charge is -2.10. The SMILES string of the molecule is O=C(NCc1ccccc1)c1nc2ccccc2n1-c1ccc(Cl)cc1. The number of carbonyl (C=O) groups is 1. The fourth-order valence-electron chi connectivity index (χ4n) is 2.89. The molecule has 0 aliphatic heterocycles. The molecule has 1 aromatic heterocycles. The number of amides is 1. The normalized spacial score (nSPS) is 10.8. The molecule has 0 radical (unpaired) electrons. The van der Waals surface area contributed by atoms with E-state index < -0.39 is 0 Å². The Kier molecular flexibility index (Phi) is 4.42. The Labute approximate surface area is 156 Å². The van der Waals surface area contributed by atoms with Gasteiger partial charge in [0.1, 0.15) is 0 Å². The topological polar surface area (TPSA) is 46.9 Å². The number of hydrogen-bond donors (Lipinski definition) is 1. The molecular weight excluding hydrogens is 346 g/mol. The van der Waals surface area contributed by atoms with Gasteiger partial charge in [0.25, 0.3) is 5.91 Å². The molecule has 26 heavy (non-hydrogen) atoms. The summed E-state index contributed by atoms with van der Waals surface area (Å²) in [7, 11) is 0. The largest absolute Gasteiger partial charge is 0.345 e. The van der Waals surface area contributed by atoms with Gasteiger partial charge in [-0.25, -0.2) is 4.98 Å². The number of aromatic nitrogens is 2. The molecule has 4 rings (SSSR count). The third-order valence-corrected chi connectivity index (χ3v) is 4.40. The van der Waals surface area contributed by atoms with Crippen molar-refractivity contribution in [1.82, 2.24) is 14.9 Å². The van der Waals surface area contributed by atoms with Crippen LogP contribution in [-0.4, -0.2) is 15.5 Å². The summed E-state index contributed by atoms with van der Waals surface area (Å²) in [5, 5.41) is 3.60. The van der Waals surface area contributed by atoms with Gasteiger partial charge in [0, 0.05) is 17.3 Å². The maximum atomic E-state index is 12.8. The number of halogens is 1. The number of nitrogens with one attached hydrogen (secondary N) is 1. The zero-order chi connectivity index (χ0) is 17.9. The second kappa shape index (κ2) is 7.02. The Hall–Kier alpha value is -3.11. The molecule has 0 spiro atoms. The molecule has 0 saturated heterocycles. The van der Waals surface area contributed by atoms with E-state index in [1.54, 1.807) is 12.1 Å². The van der Waals surface area contributed by atoms with Crippen molar-refractivity contribution in [3.05, 3.63) is 95.3 Å². The summed E-state index contributed by atoms with van der Waals surface area (Å²) in [5.41, 5.74) is 3.52. The monoisotopic (exact) mass is 361 g/mol. The summed E-state index contributed by atoms with van der Waals surface area (Å²) in [6.45, 7) is 0.448. The van der Waals surface area contributed by atoms with Crippen LogP contribution in [0.5, 0.6) is 0 Å². The average molecular weight is 362 g/mol. The van der Waals surface area contributed by atoms with Crippen molar-refractivity contribution in [1.29, 1.82) is 0 Å². The van der Waals surface area contributed by atoms with Crippen LogP contribution in [-0.2, 0) is 6.54 Å². The molecule has 0 fully saturated rings. The maximum Gasteiger partial charge on any atom is 0.287 e. The lowest BCUT2D eigenvalue weighted by Crippen LogP contribution is -2.26. The Morgan fingerprint density at radius 2 is 1.62 bits per heavy atom. The molecule has 5 heteroatoms. The Bertz CT molecular complexity index is 1060. The number of nitrogens with zero attached hydrogens (tertiary/aromatic N) is 2. The summed E-state index contributed by atoms with van der Waals surface area (Å²) < 4.78 is 1.85. The van der Waals surface area contributed by atoms with E-state index >= 15 is 0 Å². The van der Waals surface area contributed by atoms with Gasteiger partial charge in [0.15, 0.2) is 0 Å². The molecule has 4 aromatic rings. The molecule has 1 amide bonds. The Morgan fingerprint density at radius 3 is 2.38 bits per heavy atom. The van der Waals surface area contributed by atoms with Crippen LogP contribution in [0.15, 0.2) is 78.9 Å². The van der Waals surface area contributed by atoms with Crippen LogP contribution in [0.2, 0.25) is 5.02 Å². The second-order valence-corrected chi connectivity index (χ2v) is 6.34. The number of carbonyl (C=O) groups excluding carboxylic acids is 1. The van der Waals surface area contributed by atoms with Crippen LogP contribution < -0.4 is 5.32 Å². The van der Waals surface area contributed by atoms with E-state index in [1.165, 1.54) is 0 Å². The highest BCUT2D eigenvalue weighted by atomic mass is 35.5. The van der Waals surface area contributed by atoms with Gasteiger partial charge in [-0.15, -0.1) is 0 Å². The first-order valence-corrected chi connectivity index (χ1v) is 8.66. The predicted octanol–water partition coefficient (Wildman–Crippen LogP) is 4.61. The van der Waals surface area contributed by atoms with E-state index in [0.29, 0.717) is 17.4 Å². The molecule has 4 nitrogen and oxygen atoms in total. The van der Waals surface area contributed by atoms with E-state index in [4.69, 9.17) is 11.6 Å². The molecule has 3 aromatic carbocycles. The first-order chi connectivity index (χ1) is 12.7. The Morgan fingerprint density at radius 1 is 0.923 bits per heavy atom. The summed E-state index contributed by atoms with van der Waals surface area (Å²) >= 11 is 6.01. The number of fused-ring (bicyclic) bond motifs is 1. The number of imidazole rings is 1. The lowest BCUT2D eigenvalue weighted by atomic mass is 10.2. The van der Waals surface area contributed by atoms with Crippen LogP contribution in [0, 0.1) is 0 Å². The summed E-state index contributed by atoms with van der Waals surface area (Å²) in [6, 6.07) is 24.9. The van der Waals surface area contributed by atoms with Gasteiger partial charge < -0.3 is 5.32 Å². The summed E-state index contributed by atoms with van der Waals surface area (Å²) in [6.07, 6.45) is 0. The summed E-state index contributed by atoms with van der Waals surface area (Å²) in [4.78, 5) is 17.4. The first kappa shape index (κ1) is 16.4. The highest BCUT2D eigenvalue weighted by Crippen LogP contribution is 2.23. The minimum atomic E-state index is -0.222. The quantitative estimate of drug-likeness (QED) is 0.577. The van der Waals surface area contributed by atoms with Gasteiger partial charge in [0.2, 0.25) is 5.82 Å². The highest BCUT2D eigenvalue weighted by molar-refractivity contribution is 6.30. The number of hydrogen-bond acceptors (Lipinski definition) is 2. The third-order valence-electron chi connectivity index (χ3n) is 4.14. The first-order valence-electron chi connectivity index (χ1n) is 8.28. The minimum absolute atomic E-state index is 0.222. The van der Waals surface area contributed by atoms with Crippen LogP contribution in [0.3, 0.4) is 0 Å². The smallest absolute Gasteiger partial charge is 0.287 e. The van der Waals surface area contributed by atoms with E-state index in [1.807, 2.05) is 71.3 Å². The highest BCUT2D eigenvalue weighted by Gasteiger charge is 2.18. The van der Waals surface area contributed by atoms with Crippen molar-refractivity contribution in [2.24, 2.45) is 0 Å². The molecule has 1 heterocycles. The lowest BCUT2D eigenvalue weighted by molar-refractivity contribution is 0.0939. The molecular formula is C21H16ClN3O. The van der Waals surface area contributed by atoms with E-state index in [0.717, 1.165) is 22.3 Å². The van der Waals surface area contributed by atoms with E-state index in [-0.39, 0.29) is 5.91 Å². The van der Waals surface area contributed by atoms with E-state index in [2.05, 4.69) is 10.3 Å². The molecule has 128 valence electrons. The molecule has 0 bridgehead atoms. The van der Waals surface area contributed by atoms with Gasteiger partial charge in [-0.3, -0.25) is 9.36 Å². The van der Waals surface area contributed by atoms with Gasteiger partial charge in [-0.1, -0.05) is 54.1 Å². The molecule has 0 aliphatic carbocycles. The Balaban J connectivity index is 1.73. The predicted molar refractivity (Wildman–Crippen MR) is 104 cm³/mol. The molecule has 0 saturated carbocycles. The zero-order valence-electron chi connectivity index (χ0n) is 13.9. The van der Waals surface area contributed by atoms with Crippen molar-refractivity contribution in [3.8, 4) is 5.69 Å². The van der Waals surface area contributed by atoms with Crippen molar-refractivity contribution in [3.63, 3.8) is 0 Å². The number of benzene rings is 3. The van der Waals surface area contributed by atoms with Crippen molar-refractivity contribution < 1.29 is 4.79 Å². The van der Waals surface area contributed by atoms with Gasteiger partial charge in [-0.05, 0) is 42.0 Å². The number of rotatable bonds is 4. The van der Waals surface area contributed by atoms with Crippen molar-refractivity contribution >= 4 is 28.5 Å². The third kappa shape index (κ3) is 3.19. The van der Waals surface area contributed by atoms with Crippen LogP contribution in [0.25, 0.3) is 16.7 Å². The zero-order valence-corrected chi connectivity index (χ0v) is 14.6. The van der Waals surface area contributed by atoms with Crippen molar-refractivity contribution in [2.75, 3.05) is 0 Å². The van der Waals surface area contributed by atoms with Gasteiger partial charge in [-0.2, -0.15) is 0 Å². The number of para-hydroxylation sites is 2. The van der Waals surface area contributed by atoms with Crippen molar-refractivity contribution in [2.45, 2.75) is 6.54 Å². The maximum absolute atomic E-state index is 12.8. The minimum Gasteiger partial charge on any atom is -0.345 e. The van der Waals surface area contributed by atoms with Gasteiger partial charge >= 0.3 is 0 Å². The van der Waals surface area contributed by atoms with Crippen LogP contribution in [0.1, 0.15) is 16.2 Å².